The van der Waals surface area contributed by atoms with Crippen LogP contribution < -0.4 is 0 Å². The molecule has 0 atom stereocenters. The first kappa shape index (κ1) is 26.2. The van der Waals surface area contributed by atoms with E-state index in [1.165, 1.54) is 25.5 Å². The molecule has 0 aliphatic heterocycles. The summed E-state index contributed by atoms with van der Waals surface area (Å²) in [5.41, 5.74) is 8.79. The number of fused-ring (bicyclic) bond motifs is 2. The molecule has 5 heteroatoms. The van der Waals surface area contributed by atoms with Crippen molar-refractivity contribution in [2.75, 3.05) is 0 Å². The molecule has 0 unspecified atom stereocenters. The van der Waals surface area contributed by atoms with Crippen molar-refractivity contribution in [3.8, 4) is 22.4 Å². The van der Waals surface area contributed by atoms with E-state index in [1.807, 2.05) is 37.4 Å². The number of carbonyl (C=O) groups is 2. The van der Waals surface area contributed by atoms with Crippen LogP contribution >= 0.6 is 0 Å². The number of aromatic nitrogens is 1. The van der Waals surface area contributed by atoms with E-state index in [9.17, 15) is 9.59 Å². The maximum Gasteiger partial charge on any atom is 0.194 e. The molecule has 3 aromatic carbocycles. The van der Waals surface area contributed by atoms with Gasteiger partial charge in [-0.1, -0.05) is 55.8 Å². The molecule has 0 saturated heterocycles. The second-order valence-electron chi connectivity index (χ2n) is 8.78. The van der Waals surface area contributed by atoms with E-state index in [0.29, 0.717) is 0 Å². The molecule has 5 rings (SSSR count). The number of aliphatic hydroxyl groups excluding tert-OH is 1. The van der Waals surface area contributed by atoms with Crippen molar-refractivity contribution in [3.05, 3.63) is 100 Å². The van der Waals surface area contributed by atoms with Gasteiger partial charge in [0.2, 0.25) is 0 Å². The molecule has 4 aromatic rings. The fraction of sp³-hybridized carbons (Fsp3) is 0.167. The molecular weight excluding hydrogens is 615 g/mol. The molecule has 4 nitrogen and oxygen atoms in total. The number of ketones is 2. The van der Waals surface area contributed by atoms with E-state index in [1.54, 1.807) is 0 Å². The largest absolute Gasteiger partial charge is 0.512 e. The van der Waals surface area contributed by atoms with Crippen LogP contribution in [0.4, 0.5) is 0 Å². The zero-order valence-electron chi connectivity index (χ0n) is 20.3. The standard InChI is InChI=1S/C25H18NO.C5H8O2.Ir/c1-14-7-8-18-21(12-14)22-13-26-24(17-10-15(2)9-16(3)11-17)19-5-4-6-20(23(19)22)25(18)27;1-4(6)3-5(2)7;/h4-10,12-13H,1-3H3;3,6H,1-2H3;/q-1;;/b;4-3-;. The van der Waals surface area contributed by atoms with Crippen molar-refractivity contribution in [2.45, 2.75) is 34.6 Å². The smallest absolute Gasteiger partial charge is 0.194 e. The quantitative estimate of drug-likeness (QED) is 0.130. The van der Waals surface area contributed by atoms with Crippen molar-refractivity contribution in [3.63, 3.8) is 0 Å². The number of rotatable bonds is 2. The van der Waals surface area contributed by atoms with Crippen molar-refractivity contribution in [1.82, 2.24) is 4.98 Å². The fourth-order valence-electron chi connectivity index (χ4n) is 4.45. The van der Waals surface area contributed by atoms with Gasteiger partial charge in [0.25, 0.3) is 0 Å². The van der Waals surface area contributed by atoms with Crippen LogP contribution in [0.3, 0.4) is 0 Å². The monoisotopic (exact) mass is 641 g/mol. The fourth-order valence-corrected chi connectivity index (χ4v) is 4.45. The van der Waals surface area contributed by atoms with Crippen molar-refractivity contribution in [1.29, 1.82) is 0 Å². The Morgan fingerprint density at radius 2 is 1.66 bits per heavy atom. The number of aryl methyl sites for hydroxylation is 3. The van der Waals surface area contributed by atoms with Gasteiger partial charge in [0, 0.05) is 49.1 Å². The molecule has 0 amide bonds. The van der Waals surface area contributed by atoms with Crippen LogP contribution in [-0.2, 0) is 24.9 Å². The topological polar surface area (TPSA) is 67.3 Å². The molecule has 1 aromatic heterocycles. The first-order valence-electron chi connectivity index (χ1n) is 11.1. The summed E-state index contributed by atoms with van der Waals surface area (Å²) in [7, 11) is 0. The maximum atomic E-state index is 13.1. The van der Waals surface area contributed by atoms with Crippen LogP contribution in [0.1, 0.15) is 46.5 Å². The molecule has 0 fully saturated rings. The number of aliphatic hydroxyl groups is 1. The average molecular weight is 641 g/mol. The maximum absolute atomic E-state index is 13.1. The zero-order valence-corrected chi connectivity index (χ0v) is 22.7. The number of allylic oxidation sites excluding steroid dienone is 2. The van der Waals surface area contributed by atoms with Gasteiger partial charge >= 0.3 is 0 Å². The second kappa shape index (κ2) is 10.5. The van der Waals surface area contributed by atoms with Gasteiger partial charge in [-0.25, -0.2) is 0 Å². The van der Waals surface area contributed by atoms with Gasteiger partial charge in [0.1, 0.15) is 0 Å². The molecule has 1 aliphatic carbocycles. The van der Waals surface area contributed by atoms with Crippen molar-refractivity contribution in [2.24, 2.45) is 0 Å². The van der Waals surface area contributed by atoms with Gasteiger partial charge in [-0.3, -0.25) is 9.59 Å². The van der Waals surface area contributed by atoms with Gasteiger partial charge in [-0.15, -0.1) is 34.9 Å². The third-order valence-electron chi connectivity index (χ3n) is 5.68. The van der Waals surface area contributed by atoms with Gasteiger partial charge in [-0.05, 0) is 42.8 Å². The molecule has 1 radical (unpaired) electrons. The van der Waals surface area contributed by atoms with Crippen LogP contribution in [0.2, 0.25) is 0 Å². The normalized spacial score (nSPS) is 11.8. The Labute approximate surface area is 219 Å². The first-order chi connectivity index (χ1) is 16.2. The molecule has 0 saturated carbocycles. The van der Waals surface area contributed by atoms with Crippen molar-refractivity contribution < 1.29 is 34.8 Å². The minimum Gasteiger partial charge on any atom is -0.512 e. The summed E-state index contributed by atoms with van der Waals surface area (Å²) in [5.74, 6) is 0.0251. The third-order valence-corrected chi connectivity index (χ3v) is 5.68. The Hall–Kier alpha value is -3.40. The Balaban J connectivity index is 0.000000378. The van der Waals surface area contributed by atoms with Gasteiger partial charge in [0.05, 0.1) is 5.76 Å². The Bertz CT molecular complexity index is 1480. The van der Waals surface area contributed by atoms with E-state index in [2.05, 4.69) is 44.2 Å². The molecule has 35 heavy (non-hydrogen) atoms. The van der Waals surface area contributed by atoms with Gasteiger partial charge in [-0.2, -0.15) is 0 Å². The number of pyridine rings is 1. The van der Waals surface area contributed by atoms with Gasteiger partial charge in [0.15, 0.2) is 11.6 Å². The van der Waals surface area contributed by atoms with E-state index >= 15 is 0 Å². The number of hydrogen-bond acceptors (Lipinski definition) is 4. The summed E-state index contributed by atoms with van der Waals surface area (Å²) in [6, 6.07) is 19.6. The predicted molar refractivity (Wildman–Crippen MR) is 136 cm³/mol. The summed E-state index contributed by atoms with van der Waals surface area (Å²) < 4.78 is 0. The second-order valence-corrected chi connectivity index (χ2v) is 8.78. The van der Waals surface area contributed by atoms with Crippen LogP contribution in [0.25, 0.3) is 33.2 Å². The Kier molecular flexibility index (Phi) is 7.84. The molecule has 179 valence electrons. The molecule has 1 N–H and O–H groups in total. The summed E-state index contributed by atoms with van der Waals surface area (Å²) in [6.45, 7) is 9.03. The number of nitrogens with zero attached hydrogens (tertiary/aromatic N) is 1. The Morgan fingerprint density at radius 3 is 2.29 bits per heavy atom. The zero-order chi connectivity index (χ0) is 24.6. The molecule has 0 bridgehead atoms. The first-order valence-corrected chi connectivity index (χ1v) is 11.1. The number of benzene rings is 3. The minimum absolute atomic E-state index is 0. The summed E-state index contributed by atoms with van der Waals surface area (Å²) in [4.78, 5) is 28.0. The molecule has 0 spiro atoms. The van der Waals surface area contributed by atoms with E-state index in [-0.39, 0.29) is 37.4 Å². The number of carbonyl (C=O) groups excluding carboxylic acids is 2. The Morgan fingerprint density at radius 1 is 0.914 bits per heavy atom. The van der Waals surface area contributed by atoms with Crippen molar-refractivity contribution >= 4 is 22.3 Å². The molecule has 1 aliphatic rings. The average Bonchev–Trinajstić information content (AvgIpc) is 2.75. The van der Waals surface area contributed by atoms with Crippen LogP contribution in [-0.4, -0.2) is 21.7 Å². The van der Waals surface area contributed by atoms with E-state index in [0.717, 1.165) is 55.4 Å². The summed E-state index contributed by atoms with van der Waals surface area (Å²) in [5, 5.41) is 10.4. The van der Waals surface area contributed by atoms with Crippen LogP contribution in [0.5, 0.6) is 0 Å². The molecular formula is C30H26IrNO3-. The predicted octanol–water partition coefficient (Wildman–Crippen LogP) is 6.87. The minimum atomic E-state index is -0.125. The SMILES string of the molecule is CC(=O)/C=C(/C)O.Cc1[c-]c(-c2ncc3c4c(cccc24)C(=O)c2ccc(C)cc2-3)cc(C)c1.[Ir]. The third kappa shape index (κ3) is 5.32. The van der Waals surface area contributed by atoms with Gasteiger partial charge < -0.3 is 10.1 Å². The van der Waals surface area contributed by atoms with E-state index in [4.69, 9.17) is 10.1 Å². The summed E-state index contributed by atoms with van der Waals surface area (Å²) >= 11 is 0. The van der Waals surface area contributed by atoms with Crippen LogP contribution in [0.15, 0.2) is 66.6 Å². The van der Waals surface area contributed by atoms with Crippen LogP contribution in [0, 0.1) is 26.8 Å². The molecule has 1 heterocycles. The summed E-state index contributed by atoms with van der Waals surface area (Å²) in [6.07, 6.45) is 3.08. The number of hydrogen-bond donors (Lipinski definition) is 1. The van der Waals surface area contributed by atoms with E-state index < -0.39 is 0 Å².